The Morgan fingerprint density at radius 1 is 1.00 bits per heavy atom. The van der Waals surface area contributed by atoms with E-state index in [-0.39, 0.29) is 12.4 Å². The third kappa shape index (κ3) is 3.40. The Labute approximate surface area is 139 Å². The first-order valence-electron chi connectivity index (χ1n) is 6.47. The van der Waals surface area contributed by atoms with Crippen LogP contribution in [0.4, 0.5) is 0 Å². The van der Waals surface area contributed by atoms with Crippen LogP contribution in [0.25, 0.3) is 10.8 Å². The number of piperazine rings is 1. The summed E-state index contributed by atoms with van der Waals surface area (Å²) in [5.41, 5.74) is 0. The van der Waals surface area contributed by atoms with E-state index < -0.39 is 10.0 Å². The zero-order valence-electron chi connectivity index (χ0n) is 11.3. The lowest BCUT2D eigenvalue weighted by Crippen LogP contribution is -2.46. The molecule has 21 heavy (non-hydrogen) atoms. The van der Waals surface area contributed by atoms with E-state index in [1.165, 1.54) is 0 Å². The molecule has 1 aliphatic rings. The first kappa shape index (κ1) is 16.7. The molecule has 1 saturated heterocycles. The Morgan fingerprint density at radius 2 is 1.62 bits per heavy atom. The van der Waals surface area contributed by atoms with Crippen LogP contribution in [0.3, 0.4) is 0 Å². The molecule has 0 aliphatic carbocycles. The summed E-state index contributed by atoms with van der Waals surface area (Å²) >= 11 is 3.42. The number of hydrogen-bond donors (Lipinski definition) is 1. The molecule has 0 spiro atoms. The lowest BCUT2D eigenvalue weighted by atomic mass is 10.1. The molecule has 0 radical (unpaired) electrons. The van der Waals surface area contributed by atoms with E-state index in [0.29, 0.717) is 31.1 Å². The Balaban J connectivity index is 0.00000161. The minimum Gasteiger partial charge on any atom is -0.314 e. The van der Waals surface area contributed by atoms with Gasteiger partial charge in [0.25, 0.3) is 0 Å². The van der Waals surface area contributed by atoms with E-state index in [4.69, 9.17) is 0 Å². The quantitative estimate of drug-likeness (QED) is 0.856. The van der Waals surface area contributed by atoms with Gasteiger partial charge in [-0.05, 0) is 35.0 Å². The summed E-state index contributed by atoms with van der Waals surface area (Å²) in [7, 11) is -3.38. The van der Waals surface area contributed by atoms with E-state index in [1.807, 2.05) is 24.3 Å². The molecule has 2 aromatic carbocycles. The predicted molar refractivity (Wildman–Crippen MR) is 90.5 cm³/mol. The number of fused-ring (bicyclic) bond motifs is 1. The molecule has 4 nitrogen and oxygen atoms in total. The lowest BCUT2D eigenvalue weighted by molar-refractivity contribution is 0.360. The van der Waals surface area contributed by atoms with Crippen LogP contribution >= 0.6 is 28.3 Å². The number of halogens is 2. The fourth-order valence-electron chi connectivity index (χ4n) is 2.39. The van der Waals surface area contributed by atoms with Gasteiger partial charge >= 0.3 is 0 Å². The van der Waals surface area contributed by atoms with Crippen LogP contribution < -0.4 is 5.32 Å². The van der Waals surface area contributed by atoms with Gasteiger partial charge in [-0.2, -0.15) is 4.31 Å². The average Bonchev–Trinajstić information content (AvgIpc) is 2.47. The van der Waals surface area contributed by atoms with Gasteiger partial charge in [0.05, 0.1) is 4.90 Å². The van der Waals surface area contributed by atoms with Gasteiger partial charge in [0.2, 0.25) is 10.0 Å². The van der Waals surface area contributed by atoms with Gasteiger partial charge in [-0.25, -0.2) is 8.42 Å². The molecular formula is C14H16BrClN2O2S. The summed E-state index contributed by atoms with van der Waals surface area (Å²) in [5, 5.41) is 5.12. The predicted octanol–water partition coefficient (Wildman–Crippen LogP) is 2.62. The monoisotopic (exact) mass is 390 g/mol. The van der Waals surface area contributed by atoms with E-state index in [2.05, 4.69) is 21.2 Å². The summed E-state index contributed by atoms with van der Waals surface area (Å²) in [4.78, 5) is 0.370. The van der Waals surface area contributed by atoms with Crippen LogP contribution in [-0.4, -0.2) is 38.9 Å². The first-order valence-corrected chi connectivity index (χ1v) is 8.71. The number of sulfonamides is 1. The van der Waals surface area contributed by atoms with Crippen molar-refractivity contribution in [3.63, 3.8) is 0 Å². The van der Waals surface area contributed by atoms with Crippen LogP contribution in [0.5, 0.6) is 0 Å². The topological polar surface area (TPSA) is 49.4 Å². The molecule has 0 bridgehead atoms. The van der Waals surface area contributed by atoms with Crippen LogP contribution in [0.1, 0.15) is 0 Å². The second-order valence-electron chi connectivity index (χ2n) is 4.81. The van der Waals surface area contributed by atoms with E-state index in [9.17, 15) is 8.42 Å². The van der Waals surface area contributed by atoms with Crippen LogP contribution in [0.2, 0.25) is 0 Å². The average molecular weight is 392 g/mol. The van der Waals surface area contributed by atoms with Gasteiger partial charge < -0.3 is 5.32 Å². The van der Waals surface area contributed by atoms with Crippen molar-refractivity contribution in [2.75, 3.05) is 26.2 Å². The van der Waals surface area contributed by atoms with Crippen molar-refractivity contribution in [3.05, 3.63) is 40.9 Å². The van der Waals surface area contributed by atoms with Crippen molar-refractivity contribution in [2.45, 2.75) is 4.90 Å². The first-order chi connectivity index (χ1) is 9.57. The minimum absolute atomic E-state index is 0. The highest BCUT2D eigenvalue weighted by molar-refractivity contribution is 9.10. The second-order valence-corrected chi connectivity index (χ2v) is 7.66. The highest BCUT2D eigenvalue weighted by atomic mass is 79.9. The molecule has 114 valence electrons. The van der Waals surface area contributed by atoms with Gasteiger partial charge in [0, 0.05) is 30.7 Å². The van der Waals surface area contributed by atoms with Gasteiger partial charge in [-0.15, -0.1) is 12.4 Å². The van der Waals surface area contributed by atoms with E-state index in [0.717, 1.165) is 15.2 Å². The normalized spacial score (nSPS) is 16.6. The number of hydrogen-bond acceptors (Lipinski definition) is 3. The lowest BCUT2D eigenvalue weighted by Gasteiger charge is -2.26. The molecule has 2 aromatic rings. The third-order valence-electron chi connectivity index (χ3n) is 3.49. The molecule has 1 N–H and O–H groups in total. The molecule has 0 atom stereocenters. The Bertz CT molecular complexity index is 746. The van der Waals surface area contributed by atoms with Crippen molar-refractivity contribution in [1.82, 2.24) is 9.62 Å². The molecule has 0 saturated carbocycles. The van der Waals surface area contributed by atoms with Crippen molar-refractivity contribution in [1.29, 1.82) is 0 Å². The number of nitrogens with zero attached hydrogens (tertiary/aromatic N) is 1. The highest BCUT2D eigenvalue weighted by Gasteiger charge is 2.25. The molecular weight excluding hydrogens is 376 g/mol. The third-order valence-corrected chi connectivity index (χ3v) is 5.88. The molecule has 0 unspecified atom stereocenters. The fourth-order valence-corrected chi connectivity index (χ4v) is 4.25. The summed E-state index contributed by atoms with van der Waals surface area (Å²) in [6.07, 6.45) is 0. The standard InChI is InChI=1S/C14H15BrN2O2S.ClH/c15-13-3-1-12-10-14(4-2-11(12)9-13)20(18,19)17-7-5-16-6-8-17;/h1-4,9-10,16H,5-8H2;1H. The Kier molecular flexibility index (Phi) is 5.27. The summed E-state index contributed by atoms with van der Waals surface area (Å²) < 4.78 is 27.7. The molecule has 0 aromatic heterocycles. The molecule has 1 fully saturated rings. The molecule has 1 aliphatic heterocycles. The van der Waals surface area contributed by atoms with E-state index in [1.54, 1.807) is 16.4 Å². The van der Waals surface area contributed by atoms with Crippen LogP contribution in [0.15, 0.2) is 45.8 Å². The Morgan fingerprint density at radius 3 is 2.33 bits per heavy atom. The van der Waals surface area contributed by atoms with Crippen LogP contribution in [-0.2, 0) is 10.0 Å². The van der Waals surface area contributed by atoms with Crippen molar-refractivity contribution in [2.24, 2.45) is 0 Å². The summed E-state index contributed by atoms with van der Waals surface area (Å²) in [6.45, 7) is 2.47. The zero-order chi connectivity index (χ0) is 14.2. The van der Waals surface area contributed by atoms with Crippen molar-refractivity contribution < 1.29 is 8.42 Å². The SMILES string of the molecule is Cl.O=S(=O)(c1ccc2cc(Br)ccc2c1)N1CCNCC1. The van der Waals surface area contributed by atoms with E-state index >= 15 is 0 Å². The highest BCUT2D eigenvalue weighted by Crippen LogP contribution is 2.24. The largest absolute Gasteiger partial charge is 0.314 e. The van der Waals surface area contributed by atoms with Crippen molar-refractivity contribution in [3.8, 4) is 0 Å². The molecule has 1 heterocycles. The summed E-state index contributed by atoms with van der Waals surface area (Å²) in [6, 6.07) is 11.1. The maximum Gasteiger partial charge on any atom is 0.243 e. The maximum atomic E-state index is 12.6. The van der Waals surface area contributed by atoms with Gasteiger partial charge in [0.1, 0.15) is 0 Å². The maximum absolute atomic E-state index is 12.6. The fraction of sp³-hybridized carbons (Fsp3) is 0.286. The van der Waals surface area contributed by atoms with Gasteiger partial charge in [-0.3, -0.25) is 0 Å². The number of rotatable bonds is 2. The molecule has 0 amide bonds. The van der Waals surface area contributed by atoms with Crippen LogP contribution in [0, 0.1) is 0 Å². The van der Waals surface area contributed by atoms with Gasteiger partial charge in [-0.1, -0.05) is 28.1 Å². The zero-order valence-corrected chi connectivity index (χ0v) is 14.5. The minimum atomic E-state index is -3.38. The molecule has 3 rings (SSSR count). The second kappa shape index (κ2) is 6.62. The summed E-state index contributed by atoms with van der Waals surface area (Å²) in [5.74, 6) is 0. The smallest absolute Gasteiger partial charge is 0.243 e. The molecule has 7 heteroatoms. The Hall–Kier alpha value is -0.660. The number of benzene rings is 2. The van der Waals surface area contributed by atoms with Crippen molar-refractivity contribution >= 4 is 49.1 Å². The van der Waals surface area contributed by atoms with Gasteiger partial charge in [0.15, 0.2) is 0 Å². The number of nitrogens with one attached hydrogen (secondary N) is 1.